The van der Waals surface area contributed by atoms with Gasteiger partial charge in [-0.3, -0.25) is 14.1 Å². The van der Waals surface area contributed by atoms with E-state index in [-0.39, 0.29) is 5.56 Å². The molecule has 0 aliphatic carbocycles. The number of nitrogens with zero attached hydrogens (tertiary/aromatic N) is 6. The molecule has 1 atom stereocenters. The van der Waals surface area contributed by atoms with E-state index in [0.717, 1.165) is 41.5 Å². The van der Waals surface area contributed by atoms with Crippen molar-refractivity contribution in [3.8, 4) is 0 Å². The van der Waals surface area contributed by atoms with Crippen LogP contribution in [0.15, 0.2) is 29.5 Å². The van der Waals surface area contributed by atoms with Gasteiger partial charge in [0.15, 0.2) is 4.96 Å². The summed E-state index contributed by atoms with van der Waals surface area (Å²) < 4.78 is 3.55. The lowest BCUT2D eigenvalue weighted by Gasteiger charge is -2.32. The van der Waals surface area contributed by atoms with Crippen molar-refractivity contribution in [3.63, 3.8) is 0 Å². The standard InChI is InChI=1S/C15H18N6OS/c1-11-8-20-14(22)7-12(17-15(20)23-11)9-19-5-2-3-13(10-19)21-6-4-16-18-21/h4,6-8,13H,2-3,5,9-10H2,1H3. The summed E-state index contributed by atoms with van der Waals surface area (Å²) >= 11 is 1.55. The van der Waals surface area contributed by atoms with Crippen LogP contribution in [0.5, 0.6) is 0 Å². The van der Waals surface area contributed by atoms with Crippen LogP contribution in [-0.4, -0.2) is 42.4 Å². The van der Waals surface area contributed by atoms with E-state index in [1.165, 1.54) is 0 Å². The third kappa shape index (κ3) is 2.91. The van der Waals surface area contributed by atoms with Gasteiger partial charge in [-0.2, -0.15) is 0 Å². The van der Waals surface area contributed by atoms with Crippen LogP contribution in [0.1, 0.15) is 29.5 Å². The van der Waals surface area contributed by atoms with Crippen molar-refractivity contribution < 1.29 is 0 Å². The second kappa shape index (κ2) is 5.86. The van der Waals surface area contributed by atoms with Crippen molar-refractivity contribution in [2.45, 2.75) is 32.4 Å². The summed E-state index contributed by atoms with van der Waals surface area (Å²) in [7, 11) is 0. The monoisotopic (exact) mass is 330 g/mol. The SMILES string of the molecule is Cc1cn2c(=O)cc(CN3CCCC(n4ccnn4)C3)nc2s1. The van der Waals surface area contributed by atoms with E-state index in [4.69, 9.17) is 0 Å². The molecule has 0 aromatic carbocycles. The van der Waals surface area contributed by atoms with Crippen molar-refractivity contribution in [1.82, 2.24) is 29.3 Å². The van der Waals surface area contributed by atoms with Gasteiger partial charge in [0, 0.05) is 36.4 Å². The third-order valence-electron chi connectivity index (χ3n) is 4.22. The second-order valence-corrected chi connectivity index (χ2v) is 7.21. The molecule has 0 amide bonds. The smallest absolute Gasteiger partial charge is 0.258 e. The fourth-order valence-electron chi connectivity index (χ4n) is 3.17. The Kier molecular flexibility index (Phi) is 3.70. The van der Waals surface area contributed by atoms with Crippen LogP contribution in [0.3, 0.4) is 0 Å². The van der Waals surface area contributed by atoms with Gasteiger partial charge in [0.25, 0.3) is 5.56 Å². The maximum absolute atomic E-state index is 12.2. The Morgan fingerprint density at radius 1 is 1.43 bits per heavy atom. The molecule has 120 valence electrons. The average Bonchev–Trinajstić information content (AvgIpc) is 3.16. The molecule has 1 aliphatic heterocycles. The average molecular weight is 330 g/mol. The summed E-state index contributed by atoms with van der Waals surface area (Å²) in [5, 5.41) is 8.01. The molecule has 4 heterocycles. The van der Waals surface area contributed by atoms with Crippen LogP contribution in [0, 0.1) is 6.92 Å². The molecule has 1 fully saturated rings. The largest absolute Gasteiger partial charge is 0.295 e. The highest BCUT2D eigenvalue weighted by molar-refractivity contribution is 7.16. The van der Waals surface area contributed by atoms with Crippen molar-refractivity contribution in [3.05, 3.63) is 45.6 Å². The number of likely N-dealkylation sites (tertiary alicyclic amines) is 1. The van der Waals surface area contributed by atoms with E-state index in [1.807, 2.05) is 24.0 Å². The zero-order valence-corrected chi connectivity index (χ0v) is 13.7. The lowest BCUT2D eigenvalue weighted by atomic mass is 10.1. The fourth-order valence-corrected chi connectivity index (χ4v) is 4.02. The number of fused-ring (bicyclic) bond motifs is 1. The lowest BCUT2D eigenvalue weighted by molar-refractivity contribution is 0.160. The van der Waals surface area contributed by atoms with Crippen molar-refractivity contribution >= 4 is 16.3 Å². The lowest BCUT2D eigenvalue weighted by Crippen LogP contribution is -2.36. The van der Waals surface area contributed by atoms with Gasteiger partial charge in [-0.25, -0.2) is 9.67 Å². The summed E-state index contributed by atoms with van der Waals surface area (Å²) in [6, 6.07) is 2.00. The zero-order chi connectivity index (χ0) is 15.8. The molecule has 8 heteroatoms. The molecular weight excluding hydrogens is 312 g/mol. The van der Waals surface area contributed by atoms with Crippen molar-refractivity contribution in [1.29, 1.82) is 0 Å². The predicted octanol–water partition coefficient (Wildman–Crippen LogP) is 1.49. The van der Waals surface area contributed by atoms with Crippen LogP contribution < -0.4 is 5.56 Å². The normalized spacial score (nSPS) is 19.4. The number of aromatic nitrogens is 5. The van der Waals surface area contributed by atoms with Crippen molar-refractivity contribution in [2.24, 2.45) is 0 Å². The number of piperidine rings is 1. The molecule has 0 saturated carbocycles. The molecule has 1 saturated heterocycles. The van der Waals surface area contributed by atoms with Gasteiger partial charge in [-0.15, -0.1) is 16.4 Å². The van der Waals surface area contributed by atoms with E-state index in [0.29, 0.717) is 12.6 Å². The van der Waals surface area contributed by atoms with Gasteiger partial charge < -0.3 is 0 Å². The highest BCUT2D eigenvalue weighted by Crippen LogP contribution is 2.21. The van der Waals surface area contributed by atoms with Crippen LogP contribution in [0.25, 0.3) is 4.96 Å². The molecule has 3 aromatic rings. The maximum Gasteiger partial charge on any atom is 0.258 e. The number of hydrogen-bond acceptors (Lipinski definition) is 6. The van der Waals surface area contributed by atoms with Gasteiger partial charge in [-0.05, 0) is 26.3 Å². The minimum absolute atomic E-state index is 0.000754. The Balaban J connectivity index is 1.54. The molecule has 0 spiro atoms. The van der Waals surface area contributed by atoms with E-state index in [1.54, 1.807) is 28.0 Å². The first-order valence-corrected chi connectivity index (χ1v) is 8.57. The Morgan fingerprint density at radius 3 is 3.17 bits per heavy atom. The molecule has 0 radical (unpaired) electrons. The number of aryl methyl sites for hydroxylation is 1. The first kappa shape index (κ1) is 14.5. The predicted molar refractivity (Wildman–Crippen MR) is 87.6 cm³/mol. The van der Waals surface area contributed by atoms with Gasteiger partial charge >= 0.3 is 0 Å². The Bertz CT molecular complexity index is 868. The summed E-state index contributed by atoms with van der Waals surface area (Å²) in [6.07, 6.45) is 7.71. The van der Waals surface area contributed by atoms with E-state index in [2.05, 4.69) is 20.2 Å². The number of thiazole rings is 1. The molecule has 1 aliphatic rings. The Hall–Kier alpha value is -2.06. The highest BCUT2D eigenvalue weighted by atomic mass is 32.1. The van der Waals surface area contributed by atoms with Gasteiger partial charge in [0.1, 0.15) is 0 Å². The minimum atomic E-state index is -0.000754. The molecule has 23 heavy (non-hydrogen) atoms. The fraction of sp³-hybridized carbons (Fsp3) is 0.467. The first-order chi connectivity index (χ1) is 11.2. The van der Waals surface area contributed by atoms with Crippen LogP contribution in [0.4, 0.5) is 0 Å². The third-order valence-corrected chi connectivity index (χ3v) is 5.12. The van der Waals surface area contributed by atoms with Crippen molar-refractivity contribution in [2.75, 3.05) is 13.1 Å². The van der Waals surface area contributed by atoms with Gasteiger partial charge in [0.05, 0.1) is 17.9 Å². The number of hydrogen-bond donors (Lipinski definition) is 0. The summed E-state index contributed by atoms with van der Waals surface area (Å²) in [4.78, 5) is 21.0. The van der Waals surface area contributed by atoms with Gasteiger partial charge in [0.2, 0.25) is 0 Å². The van der Waals surface area contributed by atoms with Gasteiger partial charge in [-0.1, -0.05) is 5.21 Å². The van der Waals surface area contributed by atoms with Crippen LogP contribution >= 0.6 is 11.3 Å². The van der Waals surface area contributed by atoms with E-state index < -0.39 is 0 Å². The minimum Gasteiger partial charge on any atom is -0.295 e. The van der Waals surface area contributed by atoms with E-state index in [9.17, 15) is 4.79 Å². The molecule has 0 bridgehead atoms. The topological polar surface area (TPSA) is 68.3 Å². The molecule has 0 N–H and O–H groups in total. The highest BCUT2D eigenvalue weighted by Gasteiger charge is 2.22. The molecule has 7 nitrogen and oxygen atoms in total. The Morgan fingerprint density at radius 2 is 2.35 bits per heavy atom. The first-order valence-electron chi connectivity index (χ1n) is 7.76. The summed E-state index contributed by atoms with van der Waals surface area (Å²) in [5.74, 6) is 0. The van der Waals surface area contributed by atoms with Crippen LogP contribution in [-0.2, 0) is 6.54 Å². The second-order valence-electron chi connectivity index (χ2n) is 5.99. The molecule has 4 rings (SSSR count). The maximum atomic E-state index is 12.2. The Labute approximate surface area is 137 Å². The summed E-state index contributed by atoms with van der Waals surface area (Å²) in [6.45, 7) is 4.63. The van der Waals surface area contributed by atoms with E-state index >= 15 is 0 Å². The quantitative estimate of drug-likeness (QED) is 0.728. The molecule has 1 unspecified atom stereocenters. The summed E-state index contributed by atoms with van der Waals surface area (Å²) in [5.41, 5.74) is 0.843. The zero-order valence-electron chi connectivity index (χ0n) is 12.9. The number of rotatable bonds is 3. The molecular formula is C15H18N6OS. The molecule has 3 aromatic heterocycles. The van der Waals surface area contributed by atoms with Crippen LogP contribution in [0.2, 0.25) is 0 Å².